The molecule has 0 bridgehead atoms. The molecule has 1 aliphatic heterocycles. The van der Waals surface area contributed by atoms with Crippen molar-refractivity contribution in [2.24, 2.45) is 0 Å². The van der Waals surface area contributed by atoms with Crippen molar-refractivity contribution in [3.8, 4) is 0 Å². The third kappa shape index (κ3) is 4.51. The van der Waals surface area contributed by atoms with Crippen molar-refractivity contribution in [2.45, 2.75) is 11.8 Å². The van der Waals surface area contributed by atoms with Crippen LogP contribution in [0.1, 0.15) is 12.5 Å². The van der Waals surface area contributed by atoms with E-state index in [2.05, 4.69) is 47.9 Å². The van der Waals surface area contributed by atoms with Gasteiger partial charge in [0.15, 0.2) is 0 Å². The Morgan fingerprint density at radius 2 is 1.93 bits per heavy atom. The molecule has 0 fully saturated rings. The molecule has 1 aromatic rings. The standard InChI is InChI=1S/C10H8S.C2H4O2/c1-2-7-10-9(5-1)6-3-4-8-11-10;1-2(3)4/h1-8H;1H3,(H,3,4). The van der Waals surface area contributed by atoms with Gasteiger partial charge in [0, 0.05) is 11.8 Å². The van der Waals surface area contributed by atoms with Crippen LogP contribution in [-0.4, -0.2) is 11.1 Å². The van der Waals surface area contributed by atoms with Crippen LogP contribution in [0.5, 0.6) is 0 Å². The van der Waals surface area contributed by atoms with Crippen LogP contribution in [0.3, 0.4) is 0 Å². The van der Waals surface area contributed by atoms with E-state index in [-0.39, 0.29) is 0 Å². The Bertz CT molecular complexity index is 390. The summed E-state index contributed by atoms with van der Waals surface area (Å²) in [6.07, 6.45) is 6.26. The minimum absolute atomic E-state index is 0.833. The molecule has 1 N–H and O–H groups in total. The van der Waals surface area contributed by atoms with Gasteiger partial charge in [-0.2, -0.15) is 0 Å². The minimum Gasteiger partial charge on any atom is -0.481 e. The molecule has 0 unspecified atom stereocenters. The number of benzene rings is 1. The highest BCUT2D eigenvalue weighted by molar-refractivity contribution is 8.02. The molecular formula is C12H12O2S. The number of fused-ring (bicyclic) bond motifs is 1. The number of carboxylic acids is 1. The Morgan fingerprint density at radius 1 is 1.27 bits per heavy atom. The number of thioether (sulfide) groups is 1. The Kier molecular flexibility index (Phi) is 4.71. The van der Waals surface area contributed by atoms with E-state index in [0.717, 1.165) is 6.92 Å². The van der Waals surface area contributed by atoms with Crippen LogP contribution < -0.4 is 0 Å². The lowest BCUT2D eigenvalue weighted by molar-refractivity contribution is -0.134. The highest BCUT2D eigenvalue weighted by Crippen LogP contribution is 2.26. The first-order valence-electron chi connectivity index (χ1n) is 4.48. The van der Waals surface area contributed by atoms with E-state index in [1.165, 1.54) is 10.5 Å². The maximum Gasteiger partial charge on any atom is 0.300 e. The molecule has 1 aromatic carbocycles. The largest absolute Gasteiger partial charge is 0.481 e. The quantitative estimate of drug-likeness (QED) is 0.728. The average molecular weight is 220 g/mol. The monoisotopic (exact) mass is 220 g/mol. The van der Waals surface area contributed by atoms with Crippen LogP contribution in [0, 0.1) is 0 Å². The first-order chi connectivity index (χ1) is 7.20. The Balaban J connectivity index is 0.000000245. The average Bonchev–Trinajstić information content (AvgIpc) is 2.41. The van der Waals surface area contributed by atoms with Gasteiger partial charge in [-0.3, -0.25) is 4.79 Å². The fourth-order valence-corrected chi connectivity index (χ4v) is 1.79. The molecule has 2 rings (SSSR count). The van der Waals surface area contributed by atoms with Gasteiger partial charge in [0.1, 0.15) is 0 Å². The lowest BCUT2D eigenvalue weighted by Crippen LogP contribution is -1.78. The second-order valence-corrected chi connectivity index (χ2v) is 3.81. The molecule has 78 valence electrons. The fraction of sp³-hybridized carbons (Fsp3) is 0.0833. The van der Waals surface area contributed by atoms with Crippen molar-refractivity contribution in [2.75, 3.05) is 0 Å². The molecule has 0 spiro atoms. The number of aliphatic carboxylic acids is 1. The van der Waals surface area contributed by atoms with Gasteiger partial charge in [-0.15, -0.1) is 0 Å². The molecule has 3 heteroatoms. The molecule has 2 nitrogen and oxygen atoms in total. The van der Waals surface area contributed by atoms with E-state index in [9.17, 15) is 0 Å². The lowest BCUT2D eigenvalue weighted by atomic mass is 10.2. The second-order valence-electron chi connectivity index (χ2n) is 2.86. The van der Waals surface area contributed by atoms with Crippen LogP contribution in [0.2, 0.25) is 0 Å². The maximum absolute atomic E-state index is 9.00. The van der Waals surface area contributed by atoms with Crippen LogP contribution in [0.4, 0.5) is 0 Å². The molecule has 15 heavy (non-hydrogen) atoms. The summed E-state index contributed by atoms with van der Waals surface area (Å²) in [5.74, 6) is -0.833. The molecule has 0 saturated heterocycles. The second kappa shape index (κ2) is 6.09. The van der Waals surface area contributed by atoms with E-state index in [4.69, 9.17) is 9.90 Å². The number of allylic oxidation sites excluding steroid dienone is 2. The highest BCUT2D eigenvalue weighted by Gasteiger charge is 1.97. The number of hydrogen-bond acceptors (Lipinski definition) is 2. The van der Waals surface area contributed by atoms with Gasteiger partial charge < -0.3 is 5.11 Å². The molecule has 0 saturated carbocycles. The smallest absolute Gasteiger partial charge is 0.300 e. The molecule has 0 aromatic heterocycles. The van der Waals surface area contributed by atoms with E-state index < -0.39 is 5.97 Å². The number of hydrogen-bond donors (Lipinski definition) is 1. The summed E-state index contributed by atoms with van der Waals surface area (Å²) in [6.45, 7) is 1.08. The van der Waals surface area contributed by atoms with Crippen molar-refractivity contribution in [3.05, 3.63) is 47.4 Å². The van der Waals surface area contributed by atoms with Crippen LogP contribution >= 0.6 is 11.8 Å². The van der Waals surface area contributed by atoms with E-state index >= 15 is 0 Å². The zero-order valence-corrected chi connectivity index (χ0v) is 9.20. The third-order valence-corrected chi connectivity index (χ3v) is 2.50. The molecule has 1 aliphatic rings. The van der Waals surface area contributed by atoms with Crippen LogP contribution in [0.15, 0.2) is 46.7 Å². The molecule has 1 heterocycles. The summed E-state index contributed by atoms with van der Waals surface area (Å²) >= 11 is 1.77. The van der Waals surface area contributed by atoms with E-state index in [0.29, 0.717) is 0 Å². The first kappa shape index (κ1) is 11.6. The molecular weight excluding hydrogens is 208 g/mol. The van der Waals surface area contributed by atoms with Gasteiger partial charge in [-0.25, -0.2) is 0 Å². The molecule has 0 aliphatic carbocycles. The van der Waals surface area contributed by atoms with Gasteiger partial charge in [0.05, 0.1) is 0 Å². The van der Waals surface area contributed by atoms with Gasteiger partial charge in [-0.1, -0.05) is 48.2 Å². The number of rotatable bonds is 0. The number of carbonyl (C=O) groups is 1. The van der Waals surface area contributed by atoms with Gasteiger partial charge >= 0.3 is 0 Å². The highest BCUT2D eigenvalue weighted by atomic mass is 32.2. The predicted molar refractivity (Wildman–Crippen MR) is 63.8 cm³/mol. The van der Waals surface area contributed by atoms with E-state index in [1.807, 2.05) is 0 Å². The van der Waals surface area contributed by atoms with Crippen LogP contribution in [0.25, 0.3) is 6.08 Å². The van der Waals surface area contributed by atoms with Crippen molar-refractivity contribution >= 4 is 23.8 Å². The summed E-state index contributed by atoms with van der Waals surface area (Å²) in [5, 5.41) is 9.52. The minimum atomic E-state index is -0.833. The fourth-order valence-electron chi connectivity index (χ4n) is 1.04. The Hall–Kier alpha value is -1.48. The Labute approximate surface area is 93.3 Å². The zero-order valence-electron chi connectivity index (χ0n) is 8.38. The number of carboxylic acid groups (broad SMARTS) is 1. The lowest BCUT2D eigenvalue weighted by Gasteiger charge is -1.98. The predicted octanol–water partition coefficient (Wildman–Crippen LogP) is 3.41. The summed E-state index contributed by atoms with van der Waals surface area (Å²) in [6, 6.07) is 8.40. The summed E-state index contributed by atoms with van der Waals surface area (Å²) in [5.41, 5.74) is 1.31. The van der Waals surface area contributed by atoms with Gasteiger partial charge in [0.2, 0.25) is 0 Å². The van der Waals surface area contributed by atoms with E-state index in [1.54, 1.807) is 11.8 Å². The summed E-state index contributed by atoms with van der Waals surface area (Å²) in [4.78, 5) is 10.3. The maximum atomic E-state index is 9.00. The summed E-state index contributed by atoms with van der Waals surface area (Å²) in [7, 11) is 0. The zero-order chi connectivity index (χ0) is 11.1. The van der Waals surface area contributed by atoms with Gasteiger partial charge in [0.25, 0.3) is 5.97 Å². The van der Waals surface area contributed by atoms with Crippen molar-refractivity contribution < 1.29 is 9.90 Å². The first-order valence-corrected chi connectivity index (χ1v) is 5.36. The third-order valence-electron chi connectivity index (χ3n) is 1.58. The van der Waals surface area contributed by atoms with Gasteiger partial charge in [-0.05, 0) is 17.0 Å². The van der Waals surface area contributed by atoms with Crippen LogP contribution in [-0.2, 0) is 4.79 Å². The summed E-state index contributed by atoms with van der Waals surface area (Å²) < 4.78 is 0. The van der Waals surface area contributed by atoms with Crippen molar-refractivity contribution in [3.63, 3.8) is 0 Å². The molecule has 0 atom stereocenters. The SMILES string of the molecule is C1=CSc2ccccc2C=C1.CC(=O)O. The Morgan fingerprint density at radius 3 is 2.67 bits per heavy atom. The van der Waals surface area contributed by atoms with Crippen molar-refractivity contribution in [1.29, 1.82) is 0 Å². The molecule has 0 amide bonds. The molecule has 0 radical (unpaired) electrons. The normalized spacial score (nSPS) is 12.1. The van der Waals surface area contributed by atoms with Crippen molar-refractivity contribution in [1.82, 2.24) is 0 Å². The topological polar surface area (TPSA) is 37.3 Å².